The zero-order valence-electron chi connectivity index (χ0n) is 14.1. The van der Waals surface area contributed by atoms with Crippen molar-refractivity contribution in [2.24, 2.45) is 5.84 Å². The van der Waals surface area contributed by atoms with Crippen LogP contribution in [0.2, 0.25) is 13.3 Å². The summed E-state index contributed by atoms with van der Waals surface area (Å²) >= 11 is -2.28. The molecule has 3 nitrogen and oxygen atoms in total. The van der Waals surface area contributed by atoms with Gasteiger partial charge in [-0.05, 0) is 0 Å². The second-order valence-corrected chi connectivity index (χ2v) is 19.4. The molecule has 0 radical (unpaired) electrons. The summed E-state index contributed by atoms with van der Waals surface area (Å²) in [6.45, 7) is 6.95. The average Bonchev–Trinajstić information content (AvgIpc) is 2.55. The zero-order chi connectivity index (χ0) is 15.6. The molecule has 1 aromatic heterocycles. The number of rotatable bonds is 11. The van der Waals surface area contributed by atoms with Gasteiger partial charge in [-0.25, -0.2) is 0 Å². The fraction of sp³-hybridized carbons (Fsp3) is 0.706. The van der Waals surface area contributed by atoms with E-state index in [1.165, 1.54) is 51.8 Å². The molecule has 1 heterocycles. The summed E-state index contributed by atoms with van der Waals surface area (Å²) in [5.41, 5.74) is 2.65. The van der Waals surface area contributed by atoms with Gasteiger partial charge in [-0.1, -0.05) is 0 Å². The molecule has 0 saturated carbocycles. The van der Waals surface area contributed by atoms with Crippen molar-refractivity contribution in [1.29, 1.82) is 0 Å². The third kappa shape index (κ3) is 5.78. The van der Waals surface area contributed by atoms with Crippen LogP contribution >= 0.6 is 0 Å². The first-order valence-corrected chi connectivity index (χ1v) is 16.1. The number of hydrogen-bond donors (Lipinski definition) is 2. The Morgan fingerprint density at radius 2 is 1.48 bits per heavy atom. The van der Waals surface area contributed by atoms with E-state index in [2.05, 4.69) is 49.5 Å². The third-order valence-corrected chi connectivity index (χ3v) is 20.1. The Morgan fingerprint density at radius 1 is 0.952 bits per heavy atom. The van der Waals surface area contributed by atoms with Gasteiger partial charge in [0.05, 0.1) is 0 Å². The summed E-state index contributed by atoms with van der Waals surface area (Å²) in [7, 11) is 0. The Morgan fingerprint density at radius 3 is 1.81 bits per heavy atom. The van der Waals surface area contributed by atoms with E-state index in [0.29, 0.717) is 0 Å². The number of anilines is 1. The maximum atomic E-state index is 5.45. The Balaban J connectivity index is 3.02. The minimum atomic E-state index is -2.28. The predicted molar refractivity (Wildman–Crippen MR) is 96.6 cm³/mol. The number of nitrogens with two attached hydrogens (primary N) is 1. The molecule has 0 unspecified atom stereocenters. The van der Waals surface area contributed by atoms with E-state index in [1.54, 1.807) is 3.58 Å². The minimum absolute atomic E-state index is 0.778. The van der Waals surface area contributed by atoms with Crippen LogP contribution in [0.25, 0.3) is 0 Å². The van der Waals surface area contributed by atoms with Crippen molar-refractivity contribution in [2.75, 3.05) is 5.43 Å². The van der Waals surface area contributed by atoms with E-state index in [4.69, 9.17) is 5.84 Å². The van der Waals surface area contributed by atoms with Gasteiger partial charge in [0.25, 0.3) is 0 Å². The molecule has 1 rings (SSSR count). The van der Waals surface area contributed by atoms with Crippen LogP contribution in [0.4, 0.5) is 5.82 Å². The van der Waals surface area contributed by atoms with Crippen molar-refractivity contribution < 1.29 is 0 Å². The van der Waals surface area contributed by atoms with Gasteiger partial charge < -0.3 is 0 Å². The number of hydrogen-bond acceptors (Lipinski definition) is 3. The number of aromatic nitrogens is 1. The maximum absolute atomic E-state index is 5.45. The fourth-order valence-electron chi connectivity index (χ4n) is 3.15. The number of unbranched alkanes of at least 4 members (excludes halogenated alkanes) is 3. The van der Waals surface area contributed by atoms with Crippen LogP contribution in [0.1, 0.15) is 59.3 Å². The average molecular weight is 398 g/mol. The molecule has 0 aliphatic heterocycles. The first kappa shape index (κ1) is 18.8. The van der Waals surface area contributed by atoms with Gasteiger partial charge in [0, 0.05) is 0 Å². The van der Waals surface area contributed by atoms with E-state index >= 15 is 0 Å². The Hall–Kier alpha value is -0.291. The van der Waals surface area contributed by atoms with Gasteiger partial charge in [0.1, 0.15) is 0 Å². The quantitative estimate of drug-likeness (QED) is 0.330. The Kier molecular flexibility index (Phi) is 9.32. The van der Waals surface area contributed by atoms with Crippen molar-refractivity contribution in [3.8, 4) is 0 Å². The van der Waals surface area contributed by atoms with Crippen molar-refractivity contribution >= 4 is 27.8 Å². The summed E-state index contributed by atoms with van der Waals surface area (Å²) in [5.74, 6) is 6.23. The van der Waals surface area contributed by atoms with Crippen molar-refractivity contribution in [3.63, 3.8) is 0 Å². The van der Waals surface area contributed by atoms with Crippen LogP contribution in [-0.2, 0) is 0 Å². The van der Waals surface area contributed by atoms with Crippen LogP contribution < -0.4 is 14.8 Å². The third-order valence-electron chi connectivity index (χ3n) is 4.55. The normalized spacial score (nSPS) is 11.6. The number of nitrogens with zero attached hydrogens (tertiary/aromatic N) is 1. The summed E-state index contributed by atoms with van der Waals surface area (Å²) in [6.07, 6.45) is 10.2. The molecule has 0 amide bonds. The molecule has 0 aliphatic carbocycles. The first-order chi connectivity index (χ1) is 10.2. The van der Waals surface area contributed by atoms with Gasteiger partial charge in [-0.15, -0.1) is 0 Å². The Labute approximate surface area is 135 Å². The summed E-state index contributed by atoms with van der Waals surface area (Å²) in [5, 5.41) is 0. The summed E-state index contributed by atoms with van der Waals surface area (Å²) < 4.78 is 6.07. The predicted octanol–water partition coefficient (Wildman–Crippen LogP) is 4.42. The molecular weight excluding hydrogens is 365 g/mol. The molecule has 1 aromatic rings. The fourth-order valence-corrected chi connectivity index (χ4v) is 18.8. The van der Waals surface area contributed by atoms with Crippen molar-refractivity contribution in [2.45, 2.75) is 72.6 Å². The van der Waals surface area contributed by atoms with Crippen LogP contribution in [0.3, 0.4) is 0 Å². The van der Waals surface area contributed by atoms with E-state index in [9.17, 15) is 0 Å². The van der Waals surface area contributed by atoms with Crippen LogP contribution in [0, 0.1) is 0 Å². The van der Waals surface area contributed by atoms with E-state index in [-0.39, 0.29) is 0 Å². The van der Waals surface area contributed by atoms with Crippen LogP contribution in [0.15, 0.2) is 18.3 Å². The second-order valence-electron chi connectivity index (χ2n) is 6.17. The molecule has 3 N–H and O–H groups in total. The van der Waals surface area contributed by atoms with Crippen LogP contribution in [-0.4, -0.2) is 23.4 Å². The number of nitrogen functional groups attached to an aromatic ring is 1. The van der Waals surface area contributed by atoms with Gasteiger partial charge in [0.2, 0.25) is 0 Å². The second kappa shape index (κ2) is 10.4. The number of hydrazine groups is 1. The zero-order valence-corrected chi connectivity index (χ0v) is 17.0. The molecule has 0 aliphatic rings. The van der Waals surface area contributed by atoms with E-state index in [0.717, 1.165) is 5.82 Å². The molecule has 0 spiro atoms. The van der Waals surface area contributed by atoms with Crippen LogP contribution in [0.5, 0.6) is 0 Å². The molecule has 0 saturated heterocycles. The summed E-state index contributed by atoms with van der Waals surface area (Å²) in [6, 6.07) is 4.38. The topological polar surface area (TPSA) is 50.9 Å². The van der Waals surface area contributed by atoms with Gasteiger partial charge in [0.15, 0.2) is 0 Å². The number of pyridine rings is 1. The molecule has 0 atom stereocenters. The molecule has 0 fully saturated rings. The Bertz CT molecular complexity index is 356. The number of nitrogens with one attached hydrogen (secondary N) is 1. The first-order valence-electron chi connectivity index (χ1n) is 8.65. The molecule has 0 aromatic carbocycles. The molecule has 120 valence electrons. The molecule has 0 bridgehead atoms. The monoisotopic (exact) mass is 399 g/mol. The van der Waals surface area contributed by atoms with E-state index < -0.39 is 18.4 Å². The SMILES string of the molecule is CCC[CH2][Sn]([CH2]CCC)([CH2]CCC)[c]1ccc(NN)nc1. The van der Waals surface area contributed by atoms with Gasteiger partial charge in [-0.2, -0.15) is 0 Å². The molecule has 4 heteroatoms. The van der Waals surface area contributed by atoms with Crippen molar-refractivity contribution in [3.05, 3.63) is 18.3 Å². The summed E-state index contributed by atoms with van der Waals surface area (Å²) in [4.78, 5) is 4.50. The molecule has 21 heavy (non-hydrogen) atoms. The standard InChI is InChI=1S/C5H6N3.3C4H9.Sn/c6-8-5-3-1-2-4-7-5;3*1-3-4-2;/h1,3-4H,6H2,(H,7,8);3*1,3-4H2,2H3;. The van der Waals surface area contributed by atoms with Crippen molar-refractivity contribution in [1.82, 2.24) is 4.98 Å². The van der Waals surface area contributed by atoms with E-state index in [1.807, 2.05) is 0 Å². The molecular formula is C17H33N3Sn. The van der Waals surface area contributed by atoms with Gasteiger partial charge >= 0.3 is 135 Å². The van der Waals surface area contributed by atoms with Gasteiger partial charge in [-0.3, -0.25) is 0 Å².